The third-order valence-electron chi connectivity index (χ3n) is 5.61. The summed E-state index contributed by atoms with van der Waals surface area (Å²) >= 11 is 0. The highest BCUT2D eigenvalue weighted by molar-refractivity contribution is 5.23. The van der Waals surface area contributed by atoms with E-state index < -0.39 is 0 Å². The number of rotatable bonds is 2. The van der Waals surface area contributed by atoms with Crippen molar-refractivity contribution in [1.82, 2.24) is 14.9 Å². The summed E-state index contributed by atoms with van der Waals surface area (Å²) in [5, 5.41) is 3.50. The number of imidazole rings is 1. The summed E-state index contributed by atoms with van der Waals surface area (Å²) in [4.78, 5) is 5.11. The van der Waals surface area contributed by atoms with Crippen LogP contribution >= 0.6 is 0 Å². The summed E-state index contributed by atoms with van der Waals surface area (Å²) in [6.07, 6.45) is 13.8. The highest BCUT2D eigenvalue weighted by atomic mass is 15.1. The van der Waals surface area contributed by atoms with Gasteiger partial charge in [-0.25, -0.2) is 4.98 Å². The molecule has 1 N–H and O–H groups in total. The van der Waals surface area contributed by atoms with Crippen LogP contribution in [0.15, 0.2) is 0 Å². The van der Waals surface area contributed by atoms with Gasteiger partial charge in [0.25, 0.3) is 0 Å². The van der Waals surface area contributed by atoms with Crippen LogP contribution in [0, 0.1) is 0 Å². The number of fused-ring (bicyclic) bond motifs is 1. The summed E-state index contributed by atoms with van der Waals surface area (Å²) in [6.45, 7) is 2.13. The standard InChI is InChI=1S/C17H27N3/c1-2-8-14(9-3-1)20-16-10-11-18-12-15(16)19-17(20)13-6-4-5-7-13/h13-14,18H,1-12H2. The van der Waals surface area contributed by atoms with Crippen LogP contribution in [0.1, 0.15) is 87.0 Å². The lowest BCUT2D eigenvalue weighted by Crippen LogP contribution is -2.27. The van der Waals surface area contributed by atoms with E-state index in [-0.39, 0.29) is 0 Å². The maximum atomic E-state index is 5.11. The average molecular weight is 273 g/mol. The molecule has 2 heterocycles. The van der Waals surface area contributed by atoms with Gasteiger partial charge in [-0.1, -0.05) is 32.1 Å². The summed E-state index contributed by atoms with van der Waals surface area (Å²) < 4.78 is 2.73. The fraction of sp³-hybridized carbons (Fsp3) is 0.824. The number of nitrogens with zero attached hydrogens (tertiary/aromatic N) is 2. The minimum atomic E-state index is 0.752. The summed E-state index contributed by atoms with van der Waals surface area (Å²) in [5.74, 6) is 2.21. The van der Waals surface area contributed by atoms with Crippen LogP contribution in [0.25, 0.3) is 0 Å². The molecule has 2 fully saturated rings. The van der Waals surface area contributed by atoms with E-state index in [1.165, 1.54) is 75.7 Å². The molecule has 0 atom stereocenters. The largest absolute Gasteiger partial charge is 0.328 e. The summed E-state index contributed by atoms with van der Waals surface area (Å²) in [5.41, 5.74) is 2.95. The molecule has 2 saturated carbocycles. The molecule has 0 radical (unpaired) electrons. The van der Waals surface area contributed by atoms with E-state index in [1.807, 2.05) is 0 Å². The molecule has 0 saturated heterocycles. The first-order valence-corrected chi connectivity index (χ1v) is 8.74. The predicted molar refractivity (Wildman–Crippen MR) is 81.0 cm³/mol. The van der Waals surface area contributed by atoms with Crippen LogP contribution in [0.4, 0.5) is 0 Å². The molecule has 0 amide bonds. The smallest absolute Gasteiger partial charge is 0.112 e. The highest BCUT2D eigenvalue weighted by Crippen LogP contribution is 2.39. The van der Waals surface area contributed by atoms with Crippen molar-refractivity contribution in [2.75, 3.05) is 6.54 Å². The summed E-state index contributed by atoms with van der Waals surface area (Å²) in [6, 6.07) is 0.758. The molecule has 1 aromatic heterocycles. The van der Waals surface area contributed by atoms with Crippen molar-refractivity contribution >= 4 is 0 Å². The molecule has 1 aliphatic heterocycles. The fourth-order valence-electron chi connectivity index (χ4n) is 4.57. The second-order valence-corrected chi connectivity index (χ2v) is 6.93. The quantitative estimate of drug-likeness (QED) is 0.890. The molecule has 4 rings (SSSR count). The van der Waals surface area contributed by atoms with E-state index in [0.29, 0.717) is 0 Å². The van der Waals surface area contributed by atoms with Crippen molar-refractivity contribution in [2.45, 2.75) is 82.7 Å². The Balaban J connectivity index is 1.73. The summed E-state index contributed by atoms with van der Waals surface area (Å²) in [7, 11) is 0. The van der Waals surface area contributed by atoms with Gasteiger partial charge in [0.15, 0.2) is 0 Å². The zero-order chi connectivity index (χ0) is 13.4. The lowest BCUT2D eigenvalue weighted by Gasteiger charge is -2.29. The Morgan fingerprint density at radius 3 is 2.50 bits per heavy atom. The van der Waals surface area contributed by atoms with Gasteiger partial charge in [0.05, 0.1) is 5.69 Å². The van der Waals surface area contributed by atoms with Crippen LogP contribution in [0.2, 0.25) is 0 Å². The van der Waals surface area contributed by atoms with Gasteiger partial charge >= 0.3 is 0 Å². The van der Waals surface area contributed by atoms with Crippen molar-refractivity contribution in [2.24, 2.45) is 0 Å². The molecule has 2 aliphatic carbocycles. The second kappa shape index (κ2) is 5.51. The molecule has 0 unspecified atom stereocenters. The van der Waals surface area contributed by atoms with Gasteiger partial charge in [-0.3, -0.25) is 0 Å². The third kappa shape index (κ3) is 2.20. The Kier molecular flexibility index (Phi) is 3.55. The Bertz CT molecular complexity index is 465. The monoisotopic (exact) mass is 273 g/mol. The Morgan fingerprint density at radius 2 is 1.70 bits per heavy atom. The average Bonchev–Trinajstić information content (AvgIpc) is 3.15. The number of hydrogen-bond donors (Lipinski definition) is 1. The molecule has 0 spiro atoms. The minimum absolute atomic E-state index is 0.752. The zero-order valence-corrected chi connectivity index (χ0v) is 12.5. The van der Waals surface area contributed by atoms with Gasteiger partial charge in [-0.15, -0.1) is 0 Å². The maximum absolute atomic E-state index is 5.11. The Labute approximate surface area is 122 Å². The Hall–Kier alpha value is -0.830. The predicted octanol–water partition coefficient (Wildman–Crippen LogP) is 3.69. The van der Waals surface area contributed by atoms with Crippen molar-refractivity contribution < 1.29 is 0 Å². The van der Waals surface area contributed by atoms with Gasteiger partial charge in [0.2, 0.25) is 0 Å². The van der Waals surface area contributed by atoms with Crippen molar-refractivity contribution in [1.29, 1.82) is 0 Å². The van der Waals surface area contributed by atoms with Crippen LogP contribution in [-0.2, 0) is 13.0 Å². The third-order valence-corrected chi connectivity index (χ3v) is 5.61. The lowest BCUT2D eigenvalue weighted by molar-refractivity contribution is 0.332. The Morgan fingerprint density at radius 1 is 0.950 bits per heavy atom. The number of hydrogen-bond acceptors (Lipinski definition) is 2. The molecular weight excluding hydrogens is 246 g/mol. The van der Waals surface area contributed by atoms with E-state index in [0.717, 1.165) is 25.0 Å². The van der Waals surface area contributed by atoms with E-state index in [9.17, 15) is 0 Å². The normalized spacial score (nSPS) is 25.0. The molecule has 3 nitrogen and oxygen atoms in total. The van der Waals surface area contributed by atoms with Gasteiger partial charge in [0.1, 0.15) is 5.82 Å². The fourth-order valence-corrected chi connectivity index (χ4v) is 4.57. The zero-order valence-electron chi connectivity index (χ0n) is 12.5. The molecule has 0 bridgehead atoms. The van der Waals surface area contributed by atoms with E-state index >= 15 is 0 Å². The molecular formula is C17H27N3. The van der Waals surface area contributed by atoms with Crippen molar-refractivity contribution in [3.05, 3.63) is 17.2 Å². The van der Waals surface area contributed by atoms with Crippen LogP contribution in [-0.4, -0.2) is 16.1 Å². The first-order chi connectivity index (χ1) is 9.93. The van der Waals surface area contributed by atoms with Crippen molar-refractivity contribution in [3.63, 3.8) is 0 Å². The number of nitrogens with one attached hydrogen (secondary N) is 1. The first kappa shape index (κ1) is 12.9. The molecule has 0 aromatic carbocycles. The van der Waals surface area contributed by atoms with Gasteiger partial charge < -0.3 is 9.88 Å². The van der Waals surface area contributed by atoms with Crippen LogP contribution in [0.3, 0.4) is 0 Å². The minimum Gasteiger partial charge on any atom is -0.328 e. The topological polar surface area (TPSA) is 29.9 Å². The maximum Gasteiger partial charge on any atom is 0.112 e. The number of aromatic nitrogens is 2. The molecule has 110 valence electrons. The van der Waals surface area contributed by atoms with E-state index in [2.05, 4.69) is 9.88 Å². The molecule has 20 heavy (non-hydrogen) atoms. The lowest BCUT2D eigenvalue weighted by atomic mass is 9.94. The van der Waals surface area contributed by atoms with Crippen molar-refractivity contribution in [3.8, 4) is 0 Å². The van der Waals surface area contributed by atoms with Gasteiger partial charge in [-0.05, 0) is 25.7 Å². The highest BCUT2D eigenvalue weighted by Gasteiger charge is 2.30. The molecule has 3 aliphatic rings. The van der Waals surface area contributed by atoms with Gasteiger partial charge in [-0.2, -0.15) is 0 Å². The SMILES string of the molecule is C1CCC(n2c(C3CCCC3)nc3c2CCNC3)CC1. The van der Waals surface area contributed by atoms with E-state index in [1.54, 1.807) is 5.69 Å². The molecule has 1 aromatic rings. The molecule has 3 heteroatoms. The van der Waals surface area contributed by atoms with Crippen LogP contribution in [0.5, 0.6) is 0 Å². The second-order valence-electron chi connectivity index (χ2n) is 6.93. The van der Waals surface area contributed by atoms with E-state index in [4.69, 9.17) is 4.98 Å². The van der Waals surface area contributed by atoms with Gasteiger partial charge in [0, 0.05) is 37.2 Å². The first-order valence-electron chi connectivity index (χ1n) is 8.74. The van der Waals surface area contributed by atoms with Crippen LogP contribution < -0.4 is 5.32 Å².